The van der Waals surface area contributed by atoms with Crippen molar-refractivity contribution in [2.45, 2.75) is 70.1 Å². The van der Waals surface area contributed by atoms with E-state index in [9.17, 15) is 9.59 Å². The molecule has 4 rings (SSSR count). The first-order chi connectivity index (χ1) is 15.4. The van der Waals surface area contributed by atoms with E-state index in [0.717, 1.165) is 31.2 Å². The molecule has 0 unspecified atom stereocenters. The Morgan fingerprint density at radius 2 is 1.91 bits per heavy atom. The van der Waals surface area contributed by atoms with E-state index < -0.39 is 11.7 Å². The molecule has 1 aromatic heterocycles. The molecule has 0 atom stereocenters. The van der Waals surface area contributed by atoms with E-state index in [2.05, 4.69) is 21.8 Å². The third-order valence-electron chi connectivity index (χ3n) is 6.57. The number of rotatable bonds is 8. The van der Waals surface area contributed by atoms with Crippen molar-refractivity contribution in [3.8, 4) is 0 Å². The number of aromatic nitrogens is 1. The lowest BCUT2D eigenvalue weighted by Gasteiger charge is -2.73. The summed E-state index contributed by atoms with van der Waals surface area (Å²) in [6.45, 7) is 11.4. The summed E-state index contributed by atoms with van der Waals surface area (Å²) in [6, 6.07) is 1.87. The predicted molar refractivity (Wildman–Crippen MR) is 126 cm³/mol. The number of pyridine rings is 1. The smallest absolute Gasteiger partial charge is 0.408 e. The zero-order valence-electron chi connectivity index (χ0n) is 20.8. The van der Waals surface area contributed by atoms with Crippen LogP contribution in [0.1, 0.15) is 62.9 Å². The van der Waals surface area contributed by atoms with Crippen molar-refractivity contribution in [2.75, 3.05) is 21.2 Å². The summed E-state index contributed by atoms with van der Waals surface area (Å²) in [6.07, 6.45) is 7.55. The van der Waals surface area contributed by atoms with Crippen molar-refractivity contribution < 1.29 is 19.1 Å². The van der Waals surface area contributed by atoms with Crippen LogP contribution in [0.4, 0.5) is 4.79 Å². The molecule has 3 aliphatic carbocycles. The van der Waals surface area contributed by atoms with Crippen LogP contribution >= 0.6 is 0 Å². The van der Waals surface area contributed by atoms with E-state index >= 15 is 0 Å². The van der Waals surface area contributed by atoms with Gasteiger partial charge in [0.1, 0.15) is 5.60 Å². The van der Waals surface area contributed by atoms with Gasteiger partial charge in [-0.2, -0.15) is 0 Å². The van der Waals surface area contributed by atoms with Gasteiger partial charge in [0.15, 0.2) is 11.6 Å². The van der Waals surface area contributed by atoms with Gasteiger partial charge in [0, 0.05) is 32.0 Å². The fraction of sp³-hybridized carbons (Fsp3) is 0.560. The number of methoxy groups -OCH3 is 1. The highest BCUT2D eigenvalue weighted by Gasteiger charge is 2.71. The van der Waals surface area contributed by atoms with Crippen LogP contribution in [0.3, 0.4) is 0 Å². The molecule has 0 radical (unpaired) electrons. The largest absolute Gasteiger partial charge is 0.493 e. The first-order valence-corrected chi connectivity index (χ1v) is 11.3. The standard InChI is InChI=1S/C25H36N4O4/c1-9-17-11-12-26-13-18(17)21(30)28(6)20(19(10-2)32-8)29(7)25-14-24(15-25,16-25)27-22(31)33-23(3,4)5/h10-13H,2,9,14-16H2,1,3-8H3,(H,27,31)/b20-19-. The molecule has 1 N–H and O–H groups in total. The predicted octanol–water partition coefficient (Wildman–Crippen LogP) is 3.85. The fourth-order valence-corrected chi connectivity index (χ4v) is 4.99. The lowest BCUT2D eigenvalue weighted by atomic mass is 9.43. The fourth-order valence-electron chi connectivity index (χ4n) is 4.99. The quantitative estimate of drug-likeness (QED) is 0.473. The molecular weight excluding hydrogens is 420 g/mol. The Bertz CT molecular complexity index is 959. The molecule has 8 nitrogen and oxygen atoms in total. The Morgan fingerprint density at radius 1 is 1.27 bits per heavy atom. The number of hydrogen-bond donors (Lipinski definition) is 1. The Morgan fingerprint density at radius 3 is 2.42 bits per heavy atom. The summed E-state index contributed by atoms with van der Waals surface area (Å²) in [5.41, 5.74) is 0.529. The maximum absolute atomic E-state index is 13.5. The molecule has 33 heavy (non-hydrogen) atoms. The molecule has 0 aromatic carbocycles. The van der Waals surface area contributed by atoms with Crippen molar-refractivity contribution in [1.82, 2.24) is 20.1 Å². The minimum absolute atomic E-state index is 0.161. The highest BCUT2D eigenvalue weighted by atomic mass is 16.6. The molecule has 3 saturated carbocycles. The zero-order chi connectivity index (χ0) is 24.6. The van der Waals surface area contributed by atoms with Gasteiger partial charge in [-0.1, -0.05) is 13.5 Å². The third kappa shape index (κ3) is 4.56. The Kier molecular flexibility index (Phi) is 6.51. The van der Waals surface area contributed by atoms with Crippen LogP contribution in [0.25, 0.3) is 0 Å². The van der Waals surface area contributed by atoms with Gasteiger partial charge in [-0.25, -0.2) is 4.79 Å². The van der Waals surface area contributed by atoms with E-state index in [1.165, 1.54) is 0 Å². The summed E-state index contributed by atoms with van der Waals surface area (Å²) < 4.78 is 11.0. The van der Waals surface area contributed by atoms with Gasteiger partial charge in [0.2, 0.25) is 0 Å². The van der Waals surface area contributed by atoms with Crippen LogP contribution in [0, 0.1) is 0 Å². The van der Waals surface area contributed by atoms with Crippen LogP contribution in [-0.2, 0) is 15.9 Å². The van der Waals surface area contributed by atoms with Crippen molar-refractivity contribution in [1.29, 1.82) is 0 Å². The average Bonchev–Trinajstić information content (AvgIpc) is 2.70. The number of carbonyl (C=O) groups excluding carboxylic acids is 2. The monoisotopic (exact) mass is 456 g/mol. The van der Waals surface area contributed by atoms with E-state index in [-0.39, 0.29) is 17.0 Å². The minimum Gasteiger partial charge on any atom is -0.493 e. The highest BCUT2D eigenvalue weighted by molar-refractivity contribution is 5.96. The summed E-state index contributed by atoms with van der Waals surface area (Å²) in [5.74, 6) is 0.981. The van der Waals surface area contributed by atoms with E-state index in [4.69, 9.17) is 9.47 Å². The molecular formula is C25H36N4O4. The second kappa shape index (κ2) is 8.72. The van der Waals surface area contributed by atoms with Gasteiger partial charge < -0.3 is 19.7 Å². The van der Waals surface area contributed by atoms with E-state index in [1.54, 1.807) is 37.5 Å². The summed E-state index contributed by atoms with van der Waals surface area (Å²) in [7, 11) is 5.27. The van der Waals surface area contributed by atoms with Gasteiger partial charge in [-0.15, -0.1) is 0 Å². The normalized spacial score (nSPS) is 23.8. The third-order valence-corrected chi connectivity index (χ3v) is 6.57. The van der Waals surface area contributed by atoms with Gasteiger partial charge >= 0.3 is 6.09 Å². The molecule has 1 aromatic rings. The molecule has 3 fully saturated rings. The number of alkyl carbamates (subject to hydrolysis) is 1. The van der Waals surface area contributed by atoms with Crippen molar-refractivity contribution in [3.05, 3.63) is 53.8 Å². The number of allylic oxidation sites excluding steroid dienone is 1. The lowest BCUT2D eigenvalue weighted by molar-refractivity contribution is -0.162. The van der Waals surface area contributed by atoms with Crippen LogP contribution in [0.2, 0.25) is 0 Å². The number of ether oxygens (including phenoxy) is 2. The van der Waals surface area contributed by atoms with Crippen molar-refractivity contribution in [2.24, 2.45) is 0 Å². The second-order valence-corrected chi connectivity index (χ2v) is 10.1. The number of nitrogens with one attached hydrogen (secondary N) is 1. The number of hydrogen-bond acceptors (Lipinski definition) is 6. The second-order valence-electron chi connectivity index (χ2n) is 10.1. The Labute approximate surface area is 196 Å². The van der Waals surface area contributed by atoms with Crippen molar-refractivity contribution >= 4 is 12.0 Å². The minimum atomic E-state index is -0.540. The van der Waals surface area contributed by atoms with E-state index in [0.29, 0.717) is 17.1 Å². The summed E-state index contributed by atoms with van der Waals surface area (Å²) in [5, 5.41) is 3.04. The van der Waals surface area contributed by atoms with Crippen LogP contribution in [-0.4, -0.2) is 64.7 Å². The maximum atomic E-state index is 13.5. The first-order valence-electron chi connectivity index (χ1n) is 11.3. The molecule has 180 valence electrons. The highest BCUT2D eigenvalue weighted by Crippen LogP contribution is 2.64. The molecule has 3 aliphatic rings. The van der Waals surface area contributed by atoms with Gasteiger partial charge in [-0.3, -0.25) is 14.7 Å². The molecule has 0 spiro atoms. The number of aryl methyl sites for hydroxylation is 1. The lowest BCUT2D eigenvalue weighted by Crippen LogP contribution is -2.83. The first kappa shape index (κ1) is 24.6. The zero-order valence-corrected chi connectivity index (χ0v) is 20.8. The molecule has 2 bridgehead atoms. The summed E-state index contributed by atoms with van der Waals surface area (Å²) >= 11 is 0. The number of carbonyl (C=O) groups is 2. The van der Waals surface area contributed by atoms with Gasteiger partial charge in [0.05, 0.1) is 18.2 Å². The van der Waals surface area contributed by atoms with E-state index in [1.807, 2.05) is 40.8 Å². The summed E-state index contributed by atoms with van der Waals surface area (Å²) in [4.78, 5) is 33.6. The SMILES string of the molecule is C=C/C(OC)=C(\N(C)C(=O)c1cnccc1CC)N(C)C12CC(NC(=O)OC(C)(C)C)(C1)C2. The van der Waals surface area contributed by atoms with Crippen LogP contribution < -0.4 is 5.32 Å². The molecule has 1 heterocycles. The van der Waals surface area contributed by atoms with Crippen LogP contribution in [0.5, 0.6) is 0 Å². The maximum Gasteiger partial charge on any atom is 0.408 e. The molecule has 0 saturated heterocycles. The van der Waals surface area contributed by atoms with Gasteiger partial charge in [-0.05, 0) is 64.2 Å². The van der Waals surface area contributed by atoms with Gasteiger partial charge in [0.25, 0.3) is 5.91 Å². The Balaban J connectivity index is 1.80. The number of amides is 2. The molecule has 2 amide bonds. The average molecular weight is 457 g/mol. The van der Waals surface area contributed by atoms with Crippen LogP contribution in [0.15, 0.2) is 42.7 Å². The number of nitrogens with zero attached hydrogens (tertiary/aromatic N) is 3. The topological polar surface area (TPSA) is 84.0 Å². The molecule has 0 aliphatic heterocycles. The van der Waals surface area contributed by atoms with Crippen molar-refractivity contribution in [3.63, 3.8) is 0 Å². The Hall–Kier alpha value is -3.03. The molecule has 8 heteroatoms.